The predicted octanol–water partition coefficient (Wildman–Crippen LogP) is 1.25. The van der Waals surface area contributed by atoms with Gasteiger partial charge in [-0.3, -0.25) is 4.79 Å². The van der Waals surface area contributed by atoms with Crippen molar-refractivity contribution in [1.29, 1.82) is 0 Å². The first-order valence-electron chi connectivity index (χ1n) is 5.40. The van der Waals surface area contributed by atoms with E-state index in [1.165, 1.54) is 23.9 Å². The van der Waals surface area contributed by atoms with Gasteiger partial charge in [-0.2, -0.15) is 11.8 Å². The molecular formula is C12H17FN2O2S. The summed E-state index contributed by atoms with van der Waals surface area (Å²) in [4.78, 5) is 11.7. The maximum atomic E-state index is 13.5. The van der Waals surface area contributed by atoms with Gasteiger partial charge < -0.3 is 16.2 Å². The Bertz CT molecular complexity index is 438. The summed E-state index contributed by atoms with van der Waals surface area (Å²) in [5.41, 5.74) is 4.56. The van der Waals surface area contributed by atoms with Crippen LogP contribution in [0.2, 0.25) is 0 Å². The third-order valence-corrected chi connectivity index (χ3v) is 3.23. The highest BCUT2D eigenvalue weighted by Crippen LogP contribution is 2.13. The number of rotatable bonds is 5. The summed E-state index contributed by atoms with van der Waals surface area (Å²) in [6.45, 7) is 1.68. The Morgan fingerprint density at radius 2 is 2.28 bits per heavy atom. The highest BCUT2D eigenvalue weighted by atomic mass is 32.2. The molecule has 1 unspecified atom stereocenters. The van der Waals surface area contributed by atoms with Crippen molar-refractivity contribution < 1.29 is 14.3 Å². The molecule has 1 rings (SSSR count). The number of aliphatic hydroxyl groups is 1. The van der Waals surface area contributed by atoms with Gasteiger partial charge in [-0.05, 0) is 31.4 Å². The topological polar surface area (TPSA) is 75.3 Å². The number of nitrogens with one attached hydrogen (secondary N) is 1. The normalized spacial score (nSPS) is 14.0. The number of hydrogen-bond acceptors (Lipinski definition) is 4. The van der Waals surface area contributed by atoms with Gasteiger partial charge in [0.2, 0.25) is 0 Å². The smallest absolute Gasteiger partial charge is 0.254 e. The van der Waals surface area contributed by atoms with Crippen LogP contribution in [0.15, 0.2) is 18.2 Å². The third-order valence-electron chi connectivity index (χ3n) is 2.32. The van der Waals surface area contributed by atoms with Crippen LogP contribution in [-0.2, 0) is 0 Å². The monoisotopic (exact) mass is 272 g/mol. The molecule has 6 heteroatoms. The molecule has 0 saturated heterocycles. The van der Waals surface area contributed by atoms with E-state index in [1.807, 2.05) is 6.26 Å². The highest BCUT2D eigenvalue weighted by Gasteiger charge is 2.21. The average Bonchev–Trinajstić information content (AvgIpc) is 2.26. The molecule has 0 saturated carbocycles. The van der Waals surface area contributed by atoms with Gasteiger partial charge in [-0.1, -0.05) is 0 Å². The second-order valence-corrected chi connectivity index (χ2v) is 5.22. The minimum Gasteiger partial charge on any atom is -0.399 e. The summed E-state index contributed by atoms with van der Waals surface area (Å²) in [6.07, 6.45) is 1.86. The van der Waals surface area contributed by atoms with Crippen molar-refractivity contribution in [3.63, 3.8) is 0 Å². The lowest BCUT2D eigenvalue weighted by Gasteiger charge is -2.22. The molecule has 0 fully saturated rings. The van der Waals surface area contributed by atoms with Crippen LogP contribution in [0.25, 0.3) is 0 Å². The van der Waals surface area contributed by atoms with Gasteiger partial charge >= 0.3 is 0 Å². The Morgan fingerprint density at radius 3 is 2.83 bits per heavy atom. The number of amides is 1. The first kappa shape index (κ1) is 14.8. The highest BCUT2D eigenvalue weighted by molar-refractivity contribution is 7.98. The molecule has 0 bridgehead atoms. The number of nitrogen functional groups attached to an aromatic ring is 1. The fourth-order valence-electron chi connectivity index (χ4n) is 1.44. The maximum Gasteiger partial charge on any atom is 0.254 e. The van der Waals surface area contributed by atoms with Crippen molar-refractivity contribution in [2.75, 3.05) is 24.3 Å². The fourth-order valence-corrected chi connectivity index (χ4v) is 2.17. The molecular weight excluding hydrogens is 255 g/mol. The quantitative estimate of drug-likeness (QED) is 0.705. The van der Waals surface area contributed by atoms with Crippen molar-refractivity contribution in [3.8, 4) is 0 Å². The molecule has 1 aromatic carbocycles. The van der Waals surface area contributed by atoms with Gasteiger partial charge in [0.1, 0.15) is 5.82 Å². The average molecular weight is 272 g/mol. The van der Waals surface area contributed by atoms with Crippen LogP contribution in [0.5, 0.6) is 0 Å². The molecule has 0 aliphatic rings. The number of carbonyl (C=O) groups is 1. The van der Waals surface area contributed by atoms with Crippen molar-refractivity contribution in [1.82, 2.24) is 5.32 Å². The molecule has 0 heterocycles. The van der Waals surface area contributed by atoms with Crippen LogP contribution in [0, 0.1) is 5.82 Å². The van der Waals surface area contributed by atoms with E-state index in [4.69, 9.17) is 5.73 Å². The van der Waals surface area contributed by atoms with Crippen LogP contribution in [0.4, 0.5) is 10.1 Å². The van der Waals surface area contributed by atoms with Crippen LogP contribution in [-0.4, -0.2) is 35.2 Å². The van der Waals surface area contributed by atoms with Crippen molar-refractivity contribution in [3.05, 3.63) is 29.6 Å². The van der Waals surface area contributed by atoms with Crippen molar-refractivity contribution >= 4 is 23.4 Å². The standard InChI is InChI=1S/C12H17FN2O2S/c1-12(17,7-18-2)6-15-11(16)9-4-3-8(14)5-10(9)13/h3-5,17H,6-7,14H2,1-2H3,(H,15,16). The zero-order valence-electron chi connectivity index (χ0n) is 10.4. The SMILES string of the molecule is CSCC(C)(O)CNC(=O)c1ccc(N)cc1F. The van der Waals surface area contributed by atoms with E-state index in [1.54, 1.807) is 6.92 Å². The summed E-state index contributed by atoms with van der Waals surface area (Å²) >= 11 is 1.47. The summed E-state index contributed by atoms with van der Waals surface area (Å²) in [5.74, 6) is -0.747. The summed E-state index contributed by atoms with van der Waals surface area (Å²) in [7, 11) is 0. The maximum absolute atomic E-state index is 13.5. The number of nitrogens with two attached hydrogens (primary N) is 1. The van der Waals surface area contributed by atoms with E-state index in [9.17, 15) is 14.3 Å². The first-order valence-corrected chi connectivity index (χ1v) is 6.79. The Morgan fingerprint density at radius 1 is 1.61 bits per heavy atom. The molecule has 1 amide bonds. The Balaban J connectivity index is 2.66. The molecule has 0 aliphatic carbocycles. The number of hydrogen-bond donors (Lipinski definition) is 3. The largest absolute Gasteiger partial charge is 0.399 e. The lowest BCUT2D eigenvalue weighted by atomic mass is 10.1. The molecule has 0 aromatic heterocycles. The van der Waals surface area contributed by atoms with E-state index in [-0.39, 0.29) is 17.8 Å². The van der Waals surface area contributed by atoms with E-state index in [2.05, 4.69) is 5.32 Å². The minimum atomic E-state index is -1.01. The van der Waals surface area contributed by atoms with Crippen LogP contribution in [0.1, 0.15) is 17.3 Å². The fraction of sp³-hybridized carbons (Fsp3) is 0.417. The second kappa shape index (κ2) is 6.06. The van der Waals surface area contributed by atoms with Gasteiger partial charge in [0.05, 0.1) is 11.2 Å². The van der Waals surface area contributed by atoms with E-state index in [0.29, 0.717) is 5.75 Å². The number of carbonyl (C=O) groups excluding carboxylic acids is 1. The van der Waals surface area contributed by atoms with Crippen LogP contribution >= 0.6 is 11.8 Å². The zero-order valence-corrected chi connectivity index (χ0v) is 11.2. The molecule has 18 heavy (non-hydrogen) atoms. The summed E-state index contributed by atoms with van der Waals surface area (Å²) < 4.78 is 13.5. The number of benzene rings is 1. The van der Waals surface area contributed by atoms with Gasteiger partial charge in [-0.15, -0.1) is 0 Å². The van der Waals surface area contributed by atoms with Gasteiger partial charge in [0.15, 0.2) is 0 Å². The summed E-state index contributed by atoms with van der Waals surface area (Å²) in [5, 5.41) is 12.4. The molecule has 100 valence electrons. The Labute approximate surface area is 110 Å². The molecule has 1 aromatic rings. The van der Waals surface area contributed by atoms with Gasteiger partial charge in [0.25, 0.3) is 5.91 Å². The Kier molecular flexibility index (Phi) is 4.98. The molecule has 4 N–H and O–H groups in total. The van der Waals surface area contributed by atoms with Crippen molar-refractivity contribution in [2.45, 2.75) is 12.5 Å². The third kappa shape index (κ3) is 4.19. The lowest BCUT2D eigenvalue weighted by molar-refractivity contribution is 0.0722. The minimum absolute atomic E-state index is 0.0660. The van der Waals surface area contributed by atoms with Crippen molar-refractivity contribution in [2.24, 2.45) is 0 Å². The summed E-state index contributed by atoms with van der Waals surface area (Å²) in [6, 6.07) is 3.87. The number of halogens is 1. The van der Waals surface area contributed by atoms with Gasteiger partial charge in [-0.25, -0.2) is 4.39 Å². The second-order valence-electron chi connectivity index (χ2n) is 4.35. The molecule has 4 nitrogen and oxygen atoms in total. The van der Waals surface area contributed by atoms with E-state index >= 15 is 0 Å². The predicted molar refractivity (Wildman–Crippen MR) is 72.2 cm³/mol. The zero-order chi connectivity index (χ0) is 13.8. The lowest BCUT2D eigenvalue weighted by Crippen LogP contribution is -2.42. The first-order chi connectivity index (χ1) is 8.35. The van der Waals surface area contributed by atoms with Crippen LogP contribution < -0.4 is 11.1 Å². The molecule has 0 radical (unpaired) electrons. The molecule has 1 atom stereocenters. The number of thioether (sulfide) groups is 1. The Hall–Kier alpha value is -1.27. The van der Waals surface area contributed by atoms with Gasteiger partial charge in [0, 0.05) is 18.0 Å². The number of anilines is 1. The van der Waals surface area contributed by atoms with E-state index in [0.717, 1.165) is 6.07 Å². The molecule has 0 spiro atoms. The van der Waals surface area contributed by atoms with E-state index < -0.39 is 17.3 Å². The van der Waals surface area contributed by atoms with Crippen LogP contribution in [0.3, 0.4) is 0 Å². The molecule has 0 aliphatic heterocycles.